The molecule has 1 aliphatic carbocycles. The third-order valence-corrected chi connectivity index (χ3v) is 4.69. The number of nitrogens with one attached hydrogen (secondary N) is 1. The number of nitrogens with two attached hydrogens (primary N) is 1. The highest BCUT2D eigenvalue weighted by atomic mass is 16.5. The van der Waals surface area contributed by atoms with Gasteiger partial charge in [-0.15, -0.1) is 0 Å². The van der Waals surface area contributed by atoms with Crippen LogP contribution >= 0.6 is 0 Å². The second kappa shape index (κ2) is 6.10. The van der Waals surface area contributed by atoms with Gasteiger partial charge in [0.25, 0.3) is 0 Å². The van der Waals surface area contributed by atoms with Crippen molar-refractivity contribution in [3.05, 3.63) is 0 Å². The van der Waals surface area contributed by atoms with Crippen molar-refractivity contribution in [2.24, 2.45) is 11.1 Å². The smallest absolute Gasteiger partial charge is 0.311 e. The minimum atomic E-state index is -0.910. The van der Waals surface area contributed by atoms with Gasteiger partial charge in [-0.25, -0.2) is 0 Å². The largest absolute Gasteiger partial charge is 0.481 e. The number of ether oxygens (including phenoxy) is 1. The van der Waals surface area contributed by atoms with E-state index in [2.05, 4.69) is 5.32 Å². The molecule has 1 saturated carbocycles. The fourth-order valence-electron chi connectivity index (χ4n) is 3.08. The van der Waals surface area contributed by atoms with Crippen LogP contribution < -0.4 is 11.1 Å². The van der Waals surface area contributed by atoms with Crippen LogP contribution in [0.1, 0.15) is 44.9 Å². The summed E-state index contributed by atoms with van der Waals surface area (Å²) in [6.07, 6.45) is 5.11. The van der Waals surface area contributed by atoms with E-state index in [-0.39, 0.29) is 12.5 Å². The Morgan fingerprint density at radius 3 is 2.25 bits per heavy atom. The average Bonchev–Trinajstić information content (AvgIpc) is 2.46. The fourth-order valence-corrected chi connectivity index (χ4v) is 3.08. The standard InChI is InChI=1S/C14H24N2O4/c15-14(6-8-20-9-7-14)11(17)16-10-13(12(18)19)4-2-1-3-5-13/h1-10,15H2,(H,16,17)(H,18,19). The maximum atomic E-state index is 12.2. The van der Waals surface area contributed by atoms with Crippen LogP contribution in [0, 0.1) is 5.41 Å². The van der Waals surface area contributed by atoms with Gasteiger partial charge < -0.3 is 20.9 Å². The van der Waals surface area contributed by atoms with Crippen molar-refractivity contribution in [2.75, 3.05) is 19.8 Å². The maximum absolute atomic E-state index is 12.2. The van der Waals surface area contributed by atoms with E-state index in [1.165, 1.54) is 0 Å². The Labute approximate surface area is 119 Å². The Bertz CT molecular complexity index is 371. The van der Waals surface area contributed by atoms with Crippen molar-refractivity contribution in [2.45, 2.75) is 50.5 Å². The number of amides is 1. The van der Waals surface area contributed by atoms with Crippen LogP contribution in [-0.2, 0) is 14.3 Å². The Kier molecular flexibility index (Phi) is 4.65. The molecule has 6 heteroatoms. The van der Waals surface area contributed by atoms with Crippen LogP contribution in [0.15, 0.2) is 0 Å². The van der Waals surface area contributed by atoms with Gasteiger partial charge in [-0.3, -0.25) is 9.59 Å². The summed E-state index contributed by atoms with van der Waals surface area (Å²) in [5, 5.41) is 12.3. The molecule has 1 amide bonds. The highest BCUT2D eigenvalue weighted by Crippen LogP contribution is 2.36. The van der Waals surface area contributed by atoms with E-state index in [0.717, 1.165) is 19.3 Å². The summed E-state index contributed by atoms with van der Waals surface area (Å²) in [6, 6.07) is 0. The lowest BCUT2D eigenvalue weighted by atomic mass is 9.74. The molecule has 2 rings (SSSR count). The van der Waals surface area contributed by atoms with Crippen LogP contribution in [0.5, 0.6) is 0 Å². The molecule has 0 aromatic heterocycles. The maximum Gasteiger partial charge on any atom is 0.311 e. The number of hydrogen-bond acceptors (Lipinski definition) is 4. The molecule has 2 fully saturated rings. The number of carboxylic acids is 1. The van der Waals surface area contributed by atoms with E-state index in [4.69, 9.17) is 10.5 Å². The third-order valence-electron chi connectivity index (χ3n) is 4.69. The lowest BCUT2D eigenvalue weighted by molar-refractivity contribution is -0.151. The summed E-state index contributed by atoms with van der Waals surface area (Å²) in [7, 11) is 0. The highest BCUT2D eigenvalue weighted by molar-refractivity contribution is 5.87. The summed E-state index contributed by atoms with van der Waals surface area (Å²) < 4.78 is 5.21. The molecule has 0 spiro atoms. The third kappa shape index (κ3) is 3.12. The fraction of sp³-hybridized carbons (Fsp3) is 0.857. The molecule has 2 aliphatic rings. The van der Waals surface area contributed by atoms with Gasteiger partial charge in [0.2, 0.25) is 5.91 Å². The van der Waals surface area contributed by atoms with Gasteiger partial charge in [0.1, 0.15) is 0 Å². The van der Waals surface area contributed by atoms with Crippen LogP contribution in [-0.4, -0.2) is 42.3 Å². The molecule has 1 aliphatic heterocycles. The molecule has 0 bridgehead atoms. The van der Waals surface area contributed by atoms with E-state index in [1.54, 1.807) is 0 Å². The van der Waals surface area contributed by atoms with Crippen LogP contribution in [0.2, 0.25) is 0 Å². The molecule has 20 heavy (non-hydrogen) atoms. The summed E-state index contributed by atoms with van der Waals surface area (Å²) in [4.78, 5) is 23.8. The van der Waals surface area contributed by atoms with E-state index in [1.807, 2.05) is 0 Å². The van der Waals surface area contributed by atoms with Gasteiger partial charge in [-0.05, 0) is 25.7 Å². The molecule has 6 nitrogen and oxygen atoms in total. The normalized spacial score (nSPS) is 24.9. The number of rotatable bonds is 4. The molecule has 114 valence electrons. The Morgan fingerprint density at radius 2 is 1.70 bits per heavy atom. The number of carbonyl (C=O) groups excluding carboxylic acids is 1. The predicted octanol–water partition coefficient (Wildman–Crippen LogP) is 0.646. The number of carbonyl (C=O) groups is 2. The minimum Gasteiger partial charge on any atom is -0.481 e. The zero-order chi connectivity index (χ0) is 14.6. The van der Waals surface area contributed by atoms with Crippen molar-refractivity contribution in [3.8, 4) is 0 Å². The SMILES string of the molecule is NC1(C(=O)NCC2(C(=O)O)CCCCC2)CCOCC1. The molecule has 0 unspecified atom stereocenters. The van der Waals surface area contributed by atoms with Crippen molar-refractivity contribution in [3.63, 3.8) is 0 Å². The molecule has 1 saturated heterocycles. The Hall–Kier alpha value is -1.14. The predicted molar refractivity (Wildman–Crippen MR) is 73.1 cm³/mol. The minimum absolute atomic E-state index is 0.182. The summed E-state index contributed by atoms with van der Waals surface area (Å²) in [5.74, 6) is -1.05. The van der Waals surface area contributed by atoms with E-state index in [9.17, 15) is 14.7 Å². The molecule has 0 radical (unpaired) electrons. The number of hydrogen-bond donors (Lipinski definition) is 3. The lowest BCUT2D eigenvalue weighted by Crippen LogP contribution is -2.58. The topological polar surface area (TPSA) is 102 Å². The van der Waals surface area contributed by atoms with Gasteiger partial charge >= 0.3 is 5.97 Å². The molecule has 0 aromatic rings. The zero-order valence-electron chi connectivity index (χ0n) is 11.8. The van der Waals surface area contributed by atoms with E-state index in [0.29, 0.717) is 38.9 Å². The van der Waals surface area contributed by atoms with Gasteiger partial charge in [-0.2, -0.15) is 0 Å². The molecular formula is C14H24N2O4. The quantitative estimate of drug-likeness (QED) is 0.703. The second-order valence-corrected chi connectivity index (χ2v) is 6.10. The lowest BCUT2D eigenvalue weighted by Gasteiger charge is -2.36. The van der Waals surface area contributed by atoms with Crippen molar-refractivity contribution in [1.82, 2.24) is 5.32 Å². The van der Waals surface area contributed by atoms with E-state index >= 15 is 0 Å². The molecule has 0 atom stereocenters. The van der Waals surface area contributed by atoms with Gasteiger partial charge in [0.05, 0.1) is 11.0 Å². The van der Waals surface area contributed by atoms with Crippen LogP contribution in [0.3, 0.4) is 0 Å². The average molecular weight is 284 g/mol. The molecular weight excluding hydrogens is 260 g/mol. The first kappa shape index (κ1) is 15.3. The first-order valence-electron chi connectivity index (χ1n) is 7.37. The van der Waals surface area contributed by atoms with Crippen LogP contribution in [0.25, 0.3) is 0 Å². The van der Waals surface area contributed by atoms with Crippen molar-refractivity contribution >= 4 is 11.9 Å². The van der Waals surface area contributed by atoms with Gasteiger partial charge in [-0.1, -0.05) is 19.3 Å². The summed E-state index contributed by atoms with van der Waals surface area (Å²) in [6.45, 7) is 1.14. The monoisotopic (exact) mass is 284 g/mol. The number of carboxylic acid groups (broad SMARTS) is 1. The van der Waals surface area contributed by atoms with Crippen molar-refractivity contribution < 1.29 is 19.4 Å². The molecule has 0 aromatic carbocycles. The summed E-state index contributed by atoms with van der Waals surface area (Å²) >= 11 is 0. The summed E-state index contributed by atoms with van der Waals surface area (Å²) in [5.41, 5.74) is 4.38. The van der Waals surface area contributed by atoms with E-state index < -0.39 is 16.9 Å². The first-order chi connectivity index (χ1) is 9.49. The molecule has 1 heterocycles. The second-order valence-electron chi connectivity index (χ2n) is 6.10. The van der Waals surface area contributed by atoms with Gasteiger partial charge in [0, 0.05) is 19.8 Å². The molecule has 4 N–H and O–H groups in total. The number of aliphatic carboxylic acids is 1. The zero-order valence-corrected chi connectivity index (χ0v) is 11.8. The van der Waals surface area contributed by atoms with Crippen molar-refractivity contribution in [1.29, 1.82) is 0 Å². The first-order valence-corrected chi connectivity index (χ1v) is 7.37. The highest BCUT2D eigenvalue weighted by Gasteiger charge is 2.42. The Morgan fingerprint density at radius 1 is 1.10 bits per heavy atom. The van der Waals surface area contributed by atoms with Crippen LogP contribution in [0.4, 0.5) is 0 Å². The Balaban J connectivity index is 1.95. The van der Waals surface area contributed by atoms with Gasteiger partial charge in [0.15, 0.2) is 0 Å².